The Hall–Kier alpha value is -4.13. The van der Waals surface area contributed by atoms with E-state index in [0.29, 0.717) is 34.9 Å². The number of aromatic nitrogens is 1. The van der Waals surface area contributed by atoms with Gasteiger partial charge in [0.15, 0.2) is 0 Å². The van der Waals surface area contributed by atoms with E-state index in [4.69, 9.17) is 9.47 Å². The van der Waals surface area contributed by atoms with Gasteiger partial charge >= 0.3 is 0 Å². The molecule has 1 aromatic heterocycles. The van der Waals surface area contributed by atoms with Gasteiger partial charge in [-0.3, -0.25) is 19.5 Å². The van der Waals surface area contributed by atoms with Gasteiger partial charge in [-0.05, 0) is 55.0 Å². The molecule has 3 aromatic rings. The number of hydrogen-bond acceptors (Lipinski definition) is 6. The predicted octanol–water partition coefficient (Wildman–Crippen LogP) is 4.12. The molecule has 1 fully saturated rings. The van der Waals surface area contributed by atoms with Gasteiger partial charge in [-0.2, -0.15) is 0 Å². The van der Waals surface area contributed by atoms with Crippen LogP contribution in [0.5, 0.6) is 11.5 Å². The lowest BCUT2D eigenvalue weighted by Crippen LogP contribution is -2.29. The smallest absolute Gasteiger partial charge is 0.300 e. The van der Waals surface area contributed by atoms with Gasteiger partial charge < -0.3 is 14.6 Å². The molecule has 32 heavy (non-hydrogen) atoms. The van der Waals surface area contributed by atoms with Crippen LogP contribution in [0.4, 0.5) is 5.69 Å². The van der Waals surface area contributed by atoms with Gasteiger partial charge in [-0.15, -0.1) is 0 Å². The molecule has 1 atom stereocenters. The van der Waals surface area contributed by atoms with Crippen molar-refractivity contribution >= 4 is 23.1 Å². The zero-order chi connectivity index (χ0) is 22.7. The Balaban J connectivity index is 1.89. The number of anilines is 1. The Bertz CT molecular complexity index is 1170. The monoisotopic (exact) mass is 430 g/mol. The highest BCUT2D eigenvalue weighted by Gasteiger charge is 2.47. The average molecular weight is 430 g/mol. The second kappa shape index (κ2) is 8.93. The fraction of sp³-hybridized carbons (Fsp3) is 0.160. The third kappa shape index (κ3) is 3.80. The van der Waals surface area contributed by atoms with Gasteiger partial charge in [-0.1, -0.05) is 12.1 Å². The number of pyridine rings is 1. The molecule has 1 aliphatic heterocycles. The van der Waals surface area contributed by atoms with E-state index in [1.165, 1.54) is 4.90 Å². The van der Waals surface area contributed by atoms with Crippen molar-refractivity contribution in [1.29, 1.82) is 0 Å². The van der Waals surface area contributed by atoms with Crippen LogP contribution in [0.2, 0.25) is 0 Å². The summed E-state index contributed by atoms with van der Waals surface area (Å²) in [5.74, 6) is -0.578. The summed E-state index contributed by atoms with van der Waals surface area (Å²) < 4.78 is 10.7. The second-order valence-corrected chi connectivity index (χ2v) is 7.11. The lowest BCUT2D eigenvalue weighted by atomic mass is 9.96. The van der Waals surface area contributed by atoms with Crippen molar-refractivity contribution in [2.24, 2.45) is 0 Å². The van der Waals surface area contributed by atoms with Gasteiger partial charge in [0.05, 0.1) is 25.3 Å². The molecule has 1 aliphatic rings. The molecule has 0 bridgehead atoms. The largest absolute Gasteiger partial charge is 0.507 e. The number of benzene rings is 2. The molecule has 0 spiro atoms. The highest BCUT2D eigenvalue weighted by atomic mass is 16.5. The van der Waals surface area contributed by atoms with Crippen LogP contribution in [-0.4, -0.2) is 35.5 Å². The van der Waals surface area contributed by atoms with E-state index in [1.807, 2.05) is 6.92 Å². The Labute approximate surface area is 185 Å². The highest BCUT2D eigenvalue weighted by molar-refractivity contribution is 6.51. The number of Topliss-reactive ketones (excluding diaryl/α,β-unsaturated/α-hetero) is 1. The van der Waals surface area contributed by atoms with Crippen molar-refractivity contribution in [3.8, 4) is 11.5 Å². The predicted molar refractivity (Wildman–Crippen MR) is 120 cm³/mol. The first-order chi connectivity index (χ1) is 15.5. The number of rotatable bonds is 6. The Kier molecular flexibility index (Phi) is 5.89. The summed E-state index contributed by atoms with van der Waals surface area (Å²) in [6, 6.07) is 16.2. The van der Waals surface area contributed by atoms with Crippen molar-refractivity contribution < 1.29 is 24.2 Å². The molecular formula is C25H22N2O5. The summed E-state index contributed by atoms with van der Waals surface area (Å²) in [5, 5.41) is 11.1. The minimum Gasteiger partial charge on any atom is -0.507 e. The van der Waals surface area contributed by atoms with Crippen molar-refractivity contribution in [3.05, 3.63) is 89.8 Å². The van der Waals surface area contributed by atoms with E-state index in [2.05, 4.69) is 4.98 Å². The standard InChI is InChI=1S/C25H22N2O5/c1-3-32-20-8-4-7-18(14-20)27-22(17-6-5-13-26-15-17)21(24(29)25(27)30)23(28)16-9-11-19(31-2)12-10-16/h4-15,22,28H,3H2,1-2H3/b23-21+. The van der Waals surface area contributed by atoms with Crippen molar-refractivity contribution in [3.63, 3.8) is 0 Å². The number of amides is 1. The minimum atomic E-state index is -0.845. The number of methoxy groups -OCH3 is 1. The molecule has 162 valence electrons. The van der Waals surface area contributed by atoms with E-state index in [-0.39, 0.29) is 11.3 Å². The number of ether oxygens (including phenoxy) is 2. The summed E-state index contributed by atoms with van der Waals surface area (Å²) in [6.45, 7) is 2.33. The molecule has 7 nitrogen and oxygen atoms in total. The number of aliphatic hydroxyl groups excluding tert-OH is 1. The highest BCUT2D eigenvalue weighted by Crippen LogP contribution is 2.42. The van der Waals surface area contributed by atoms with Crippen molar-refractivity contribution in [1.82, 2.24) is 4.98 Å². The molecule has 4 rings (SSSR count). The average Bonchev–Trinajstić information content (AvgIpc) is 3.10. The zero-order valence-corrected chi connectivity index (χ0v) is 17.7. The van der Waals surface area contributed by atoms with Crippen LogP contribution in [0.1, 0.15) is 24.1 Å². The molecular weight excluding hydrogens is 408 g/mol. The van der Waals surface area contributed by atoms with Gasteiger partial charge in [0.1, 0.15) is 17.3 Å². The van der Waals surface area contributed by atoms with Gasteiger partial charge in [-0.25, -0.2) is 0 Å². The molecule has 0 saturated carbocycles. The number of carbonyl (C=O) groups excluding carboxylic acids is 2. The molecule has 0 radical (unpaired) electrons. The maximum Gasteiger partial charge on any atom is 0.300 e. The van der Waals surface area contributed by atoms with Crippen molar-refractivity contribution in [2.75, 3.05) is 18.6 Å². The summed E-state index contributed by atoms with van der Waals surface area (Å²) >= 11 is 0. The quantitative estimate of drug-likeness (QED) is 0.360. The molecule has 1 amide bonds. The molecule has 1 N–H and O–H groups in total. The third-order valence-electron chi connectivity index (χ3n) is 5.21. The first-order valence-electron chi connectivity index (χ1n) is 10.1. The van der Waals surface area contributed by atoms with Crippen LogP contribution < -0.4 is 14.4 Å². The fourth-order valence-corrected chi connectivity index (χ4v) is 3.75. The molecule has 2 aromatic carbocycles. The first kappa shape index (κ1) is 21.1. The second-order valence-electron chi connectivity index (χ2n) is 7.11. The molecule has 2 heterocycles. The third-order valence-corrected chi connectivity index (χ3v) is 5.21. The number of carbonyl (C=O) groups is 2. The van der Waals surface area contributed by atoms with Gasteiger partial charge in [0.2, 0.25) is 0 Å². The Morgan fingerprint density at radius 1 is 1.06 bits per heavy atom. The Morgan fingerprint density at radius 2 is 1.84 bits per heavy atom. The SMILES string of the molecule is CCOc1cccc(N2C(=O)C(=O)/C(=C(/O)c3ccc(OC)cc3)C2c2cccnc2)c1. The van der Waals surface area contributed by atoms with E-state index >= 15 is 0 Å². The van der Waals surface area contributed by atoms with E-state index in [0.717, 1.165) is 0 Å². The van der Waals surface area contributed by atoms with E-state index in [9.17, 15) is 14.7 Å². The maximum absolute atomic E-state index is 13.2. The van der Waals surface area contributed by atoms with Crippen LogP contribution in [0.3, 0.4) is 0 Å². The van der Waals surface area contributed by atoms with Crippen LogP contribution in [-0.2, 0) is 9.59 Å². The topological polar surface area (TPSA) is 89.0 Å². The van der Waals surface area contributed by atoms with E-state index < -0.39 is 17.7 Å². The summed E-state index contributed by atoms with van der Waals surface area (Å²) in [5.41, 5.74) is 1.49. The zero-order valence-electron chi connectivity index (χ0n) is 17.7. The van der Waals surface area contributed by atoms with Crippen molar-refractivity contribution in [2.45, 2.75) is 13.0 Å². The molecule has 0 aliphatic carbocycles. The summed E-state index contributed by atoms with van der Waals surface area (Å²) in [6.07, 6.45) is 3.19. The summed E-state index contributed by atoms with van der Waals surface area (Å²) in [7, 11) is 1.54. The maximum atomic E-state index is 13.2. The van der Waals surface area contributed by atoms with Crippen LogP contribution in [0.15, 0.2) is 78.6 Å². The number of nitrogens with zero attached hydrogens (tertiary/aromatic N) is 2. The fourth-order valence-electron chi connectivity index (χ4n) is 3.75. The molecule has 7 heteroatoms. The number of hydrogen-bond donors (Lipinski definition) is 1. The summed E-state index contributed by atoms with van der Waals surface area (Å²) in [4.78, 5) is 31.8. The number of aliphatic hydroxyl groups is 1. The van der Waals surface area contributed by atoms with Crippen LogP contribution in [0.25, 0.3) is 5.76 Å². The van der Waals surface area contributed by atoms with E-state index in [1.54, 1.807) is 80.2 Å². The normalized spacial score (nSPS) is 17.4. The Morgan fingerprint density at radius 3 is 2.50 bits per heavy atom. The minimum absolute atomic E-state index is 0.00465. The lowest BCUT2D eigenvalue weighted by Gasteiger charge is -2.25. The molecule has 1 unspecified atom stereocenters. The lowest BCUT2D eigenvalue weighted by molar-refractivity contribution is -0.132. The van der Waals surface area contributed by atoms with Crippen LogP contribution >= 0.6 is 0 Å². The van der Waals surface area contributed by atoms with Gasteiger partial charge in [0.25, 0.3) is 11.7 Å². The van der Waals surface area contributed by atoms with Crippen LogP contribution in [0, 0.1) is 0 Å². The first-order valence-corrected chi connectivity index (χ1v) is 10.1. The molecule has 1 saturated heterocycles. The van der Waals surface area contributed by atoms with Gasteiger partial charge in [0, 0.05) is 29.7 Å². The number of ketones is 1.